The van der Waals surface area contributed by atoms with Gasteiger partial charge in [0.05, 0.1) is 33.8 Å². The summed E-state index contributed by atoms with van der Waals surface area (Å²) in [4.78, 5) is 38.0. The molecule has 0 spiro atoms. The predicted octanol–water partition coefficient (Wildman–Crippen LogP) is 1.60. The van der Waals surface area contributed by atoms with Gasteiger partial charge in [-0.05, 0) is 17.7 Å². The lowest BCUT2D eigenvalue weighted by molar-refractivity contribution is -0.149. The first-order valence-electron chi connectivity index (χ1n) is 8.43. The number of amides is 2. The Morgan fingerprint density at radius 2 is 1.89 bits per heavy atom. The molecule has 2 amide bonds. The highest BCUT2D eigenvalue weighted by atomic mass is 32.2. The zero-order valence-electron chi connectivity index (χ0n) is 15.6. The van der Waals surface area contributed by atoms with E-state index in [9.17, 15) is 14.4 Å². The van der Waals surface area contributed by atoms with Crippen LogP contribution < -0.4 is 10.1 Å². The van der Waals surface area contributed by atoms with Crippen molar-refractivity contribution in [2.24, 2.45) is 0 Å². The predicted molar refractivity (Wildman–Crippen MR) is 101 cm³/mol. The van der Waals surface area contributed by atoms with Gasteiger partial charge in [-0.25, -0.2) is 9.59 Å². The first-order valence-corrected chi connectivity index (χ1v) is 9.59. The molecule has 8 nitrogen and oxygen atoms in total. The highest BCUT2D eigenvalue weighted by Crippen LogP contribution is 2.30. The van der Waals surface area contributed by atoms with Crippen LogP contribution in [-0.2, 0) is 19.1 Å². The van der Waals surface area contributed by atoms with Crippen LogP contribution in [0.5, 0.6) is 5.75 Å². The quantitative estimate of drug-likeness (QED) is 0.730. The summed E-state index contributed by atoms with van der Waals surface area (Å²) in [6.07, 6.45) is -0.287. The van der Waals surface area contributed by atoms with E-state index >= 15 is 0 Å². The number of hydrogen-bond donors (Lipinski definition) is 1. The second kappa shape index (κ2) is 10.1. The van der Waals surface area contributed by atoms with E-state index in [1.54, 1.807) is 23.8 Å². The molecule has 27 heavy (non-hydrogen) atoms. The first-order chi connectivity index (χ1) is 13.0. The molecule has 9 heteroatoms. The zero-order chi connectivity index (χ0) is 19.8. The highest BCUT2D eigenvalue weighted by Gasteiger charge is 2.32. The number of benzene rings is 1. The van der Waals surface area contributed by atoms with E-state index in [-0.39, 0.29) is 12.5 Å². The molecule has 2 rings (SSSR count). The van der Waals surface area contributed by atoms with Crippen molar-refractivity contribution in [2.45, 2.75) is 18.5 Å². The number of esters is 2. The highest BCUT2D eigenvalue weighted by molar-refractivity contribution is 7.99. The normalized spacial score (nSPS) is 17.6. The second-order valence-corrected chi connectivity index (χ2v) is 7.01. The van der Waals surface area contributed by atoms with Crippen molar-refractivity contribution in [1.82, 2.24) is 10.2 Å². The van der Waals surface area contributed by atoms with Crippen LogP contribution in [0.1, 0.15) is 18.0 Å². The summed E-state index contributed by atoms with van der Waals surface area (Å²) in [5, 5.41) is 2.60. The van der Waals surface area contributed by atoms with E-state index in [4.69, 9.17) is 4.74 Å². The van der Waals surface area contributed by atoms with Crippen molar-refractivity contribution < 1.29 is 28.6 Å². The average Bonchev–Trinajstić information content (AvgIpc) is 2.72. The van der Waals surface area contributed by atoms with Crippen LogP contribution in [0, 0.1) is 0 Å². The Hall–Kier alpha value is -2.42. The van der Waals surface area contributed by atoms with E-state index < -0.39 is 24.0 Å². The minimum Gasteiger partial charge on any atom is -0.497 e. The fourth-order valence-corrected chi connectivity index (χ4v) is 3.85. The molecule has 1 heterocycles. The van der Waals surface area contributed by atoms with E-state index in [0.717, 1.165) is 22.8 Å². The monoisotopic (exact) mass is 396 g/mol. The molecule has 1 aromatic rings. The van der Waals surface area contributed by atoms with Crippen molar-refractivity contribution in [3.05, 3.63) is 29.8 Å². The molecule has 0 aromatic heterocycles. The maximum atomic E-state index is 12.8. The van der Waals surface area contributed by atoms with E-state index in [0.29, 0.717) is 6.54 Å². The SMILES string of the molecule is COC(=O)C[C@@H](NC(=O)N1CCSCC1c1ccc(OC)cc1)C(=O)OC. The summed E-state index contributed by atoms with van der Waals surface area (Å²) in [5.41, 5.74) is 0.973. The van der Waals surface area contributed by atoms with Gasteiger partial charge in [-0.1, -0.05) is 12.1 Å². The number of methoxy groups -OCH3 is 3. The van der Waals surface area contributed by atoms with Crippen molar-refractivity contribution in [1.29, 1.82) is 0 Å². The smallest absolute Gasteiger partial charge is 0.329 e. The summed E-state index contributed by atoms with van der Waals surface area (Å²) < 4.78 is 14.4. The second-order valence-electron chi connectivity index (χ2n) is 5.86. The Kier molecular flexibility index (Phi) is 7.78. The van der Waals surface area contributed by atoms with Gasteiger partial charge in [-0.2, -0.15) is 11.8 Å². The molecule has 1 aliphatic heterocycles. The van der Waals surface area contributed by atoms with Gasteiger partial charge in [0, 0.05) is 18.1 Å². The molecule has 1 fully saturated rings. The van der Waals surface area contributed by atoms with Crippen LogP contribution in [0.4, 0.5) is 4.79 Å². The molecule has 1 unspecified atom stereocenters. The van der Waals surface area contributed by atoms with E-state index in [2.05, 4.69) is 14.8 Å². The maximum Gasteiger partial charge on any atom is 0.329 e. The third kappa shape index (κ3) is 5.53. The molecular formula is C18H24N2O6S. The molecule has 148 valence electrons. The van der Waals surface area contributed by atoms with Gasteiger partial charge in [0.25, 0.3) is 0 Å². The largest absolute Gasteiger partial charge is 0.497 e. The summed E-state index contributed by atoms with van der Waals surface area (Å²) in [6.45, 7) is 0.527. The van der Waals surface area contributed by atoms with E-state index in [1.807, 2.05) is 24.3 Å². The van der Waals surface area contributed by atoms with Crippen LogP contribution in [0.15, 0.2) is 24.3 Å². The maximum absolute atomic E-state index is 12.8. The van der Waals surface area contributed by atoms with Gasteiger partial charge in [-0.3, -0.25) is 4.79 Å². The Bertz CT molecular complexity index is 666. The number of nitrogens with one attached hydrogen (secondary N) is 1. The number of carbonyl (C=O) groups excluding carboxylic acids is 3. The topological polar surface area (TPSA) is 94.2 Å². The van der Waals surface area contributed by atoms with Gasteiger partial charge in [0.1, 0.15) is 11.8 Å². The number of rotatable bonds is 6. The number of nitrogens with zero attached hydrogens (tertiary/aromatic N) is 1. The van der Waals surface area contributed by atoms with Gasteiger partial charge in [-0.15, -0.1) is 0 Å². The van der Waals surface area contributed by atoms with Crippen LogP contribution in [0.2, 0.25) is 0 Å². The van der Waals surface area contributed by atoms with Gasteiger partial charge in [0.2, 0.25) is 0 Å². The third-order valence-electron chi connectivity index (χ3n) is 4.27. The molecule has 0 radical (unpaired) electrons. The summed E-state index contributed by atoms with van der Waals surface area (Å²) >= 11 is 1.75. The van der Waals surface area contributed by atoms with Crippen molar-refractivity contribution >= 4 is 29.7 Å². The van der Waals surface area contributed by atoms with Crippen LogP contribution >= 0.6 is 11.8 Å². The third-order valence-corrected chi connectivity index (χ3v) is 5.29. The van der Waals surface area contributed by atoms with Crippen LogP contribution in [0.3, 0.4) is 0 Å². The molecule has 1 N–H and O–H groups in total. The van der Waals surface area contributed by atoms with Crippen LogP contribution in [-0.4, -0.2) is 68.3 Å². The molecular weight excluding hydrogens is 372 g/mol. The Balaban J connectivity index is 2.14. The van der Waals surface area contributed by atoms with Gasteiger partial charge >= 0.3 is 18.0 Å². The Labute approximate surface area is 162 Å². The molecule has 0 aliphatic carbocycles. The van der Waals surface area contributed by atoms with Gasteiger partial charge < -0.3 is 24.4 Å². The number of carbonyl (C=O) groups is 3. The fraction of sp³-hybridized carbons (Fsp3) is 0.500. The lowest BCUT2D eigenvalue weighted by atomic mass is 10.1. The Morgan fingerprint density at radius 1 is 1.19 bits per heavy atom. The summed E-state index contributed by atoms with van der Waals surface area (Å²) in [7, 11) is 4.02. The average molecular weight is 396 g/mol. The number of hydrogen-bond acceptors (Lipinski definition) is 7. The lowest BCUT2D eigenvalue weighted by Gasteiger charge is -2.36. The minimum absolute atomic E-state index is 0.147. The van der Waals surface area contributed by atoms with E-state index in [1.165, 1.54) is 14.2 Å². The molecule has 2 atom stereocenters. The molecule has 1 aliphatic rings. The number of ether oxygens (including phenoxy) is 3. The van der Waals surface area contributed by atoms with Crippen molar-refractivity contribution in [3.8, 4) is 5.75 Å². The lowest BCUT2D eigenvalue weighted by Crippen LogP contribution is -2.52. The molecule has 0 bridgehead atoms. The molecule has 1 aromatic carbocycles. The Morgan fingerprint density at radius 3 is 2.48 bits per heavy atom. The van der Waals surface area contributed by atoms with Gasteiger partial charge in [0.15, 0.2) is 0 Å². The molecule has 0 saturated carbocycles. The van der Waals surface area contributed by atoms with Crippen molar-refractivity contribution in [3.63, 3.8) is 0 Å². The number of urea groups is 1. The number of thioether (sulfide) groups is 1. The summed E-state index contributed by atoms with van der Waals surface area (Å²) in [6, 6.07) is 5.87. The van der Waals surface area contributed by atoms with Crippen LogP contribution in [0.25, 0.3) is 0 Å². The van der Waals surface area contributed by atoms with Crippen molar-refractivity contribution in [2.75, 3.05) is 39.4 Å². The molecule has 1 saturated heterocycles. The minimum atomic E-state index is -1.10. The fourth-order valence-electron chi connectivity index (χ4n) is 2.77. The summed E-state index contributed by atoms with van der Waals surface area (Å²) in [5.74, 6) is 0.967. The zero-order valence-corrected chi connectivity index (χ0v) is 16.4. The standard InChI is InChI=1S/C18H24N2O6S/c1-24-13-6-4-12(5-7-13)15-11-27-9-8-20(15)18(23)19-14(17(22)26-3)10-16(21)25-2/h4-7,14-15H,8-11H2,1-3H3,(H,19,23)/t14-,15?/m1/s1. The first kappa shape index (κ1) is 20.9.